The second kappa shape index (κ2) is 7.84. The molecule has 0 saturated carbocycles. The number of hydrogen-bond acceptors (Lipinski definition) is 3. The highest BCUT2D eigenvalue weighted by atomic mass is 16.4. The van der Waals surface area contributed by atoms with Crippen molar-refractivity contribution < 1.29 is 24.6 Å². The Morgan fingerprint density at radius 3 is 2.33 bits per heavy atom. The van der Waals surface area contributed by atoms with Crippen LogP contribution in [-0.4, -0.2) is 34.1 Å². The van der Waals surface area contributed by atoms with Gasteiger partial charge in [0, 0.05) is 12.0 Å². The number of aliphatic carboxylic acids is 2. The van der Waals surface area contributed by atoms with Crippen LogP contribution >= 0.6 is 0 Å². The van der Waals surface area contributed by atoms with E-state index in [1.165, 1.54) is 0 Å². The van der Waals surface area contributed by atoms with Crippen molar-refractivity contribution >= 4 is 23.9 Å². The zero-order valence-corrected chi connectivity index (χ0v) is 11.6. The van der Waals surface area contributed by atoms with Gasteiger partial charge in [0.2, 0.25) is 5.91 Å². The summed E-state index contributed by atoms with van der Waals surface area (Å²) in [6.45, 7) is 1.57. The standard InChI is InChI=1S/C15H17NO5/c1-10(9-11-5-3-2-4-6-11)14(19)16-12(15(20)21)7-8-13(17)18/h2-6,9,12H,7-8H2,1H3,(H,16,19)(H,17,18)(H,20,21)/b10-9-. The van der Waals surface area contributed by atoms with Crippen molar-refractivity contribution in [2.24, 2.45) is 0 Å². The number of benzene rings is 1. The minimum atomic E-state index is -1.25. The number of rotatable bonds is 7. The Kier molecular flexibility index (Phi) is 6.13. The fraction of sp³-hybridized carbons (Fsp3) is 0.267. The van der Waals surface area contributed by atoms with E-state index in [1.807, 2.05) is 30.3 Å². The smallest absolute Gasteiger partial charge is 0.326 e. The van der Waals surface area contributed by atoms with Crippen molar-refractivity contribution in [1.29, 1.82) is 0 Å². The van der Waals surface area contributed by atoms with Gasteiger partial charge < -0.3 is 15.5 Å². The molecule has 3 N–H and O–H groups in total. The molecule has 6 nitrogen and oxygen atoms in total. The molecule has 21 heavy (non-hydrogen) atoms. The van der Waals surface area contributed by atoms with Gasteiger partial charge in [0.1, 0.15) is 6.04 Å². The monoisotopic (exact) mass is 291 g/mol. The summed E-state index contributed by atoms with van der Waals surface area (Å²) in [5.41, 5.74) is 1.17. The van der Waals surface area contributed by atoms with Crippen LogP contribution in [0.2, 0.25) is 0 Å². The van der Waals surface area contributed by atoms with E-state index in [2.05, 4.69) is 5.32 Å². The maximum absolute atomic E-state index is 11.9. The molecular formula is C15H17NO5. The first kappa shape index (κ1) is 16.4. The van der Waals surface area contributed by atoms with Crippen molar-refractivity contribution in [1.82, 2.24) is 5.32 Å². The van der Waals surface area contributed by atoms with Crippen LogP contribution in [0.3, 0.4) is 0 Å². The van der Waals surface area contributed by atoms with Crippen molar-refractivity contribution in [3.63, 3.8) is 0 Å². The number of hydrogen-bond donors (Lipinski definition) is 3. The maximum Gasteiger partial charge on any atom is 0.326 e. The summed E-state index contributed by atoms with van der Waals surface area (Å²) in [7, 11) is 0. The first-order chi connectivity index (χ1) is 9.90. The lowest BCUT2D eigenvalue weighted by Crippen LogP contribution is -2.41. The molecule has 1 aromatic carbocycles. The number of carboxylic acids is 2. The molecule has 1 rings (SSSR count). The van der Waals surface area contributed by atoms with Crippen molar-refractivity contribution in [2.45, 2.75) is 25.8 Å². The molecule has 0 heterocycles. The number of carboxylic acid groups (broad SMARTS) is 2. The highest BCUT2D eigenvalue weighted by molar-refractivity contribution is 5.99. The molecule has 0 aromatic heterocycles. The summed E-state index contributed by atoms with van der Waals surface area (Å²) in [6, 6.07) is 7.91. The quantitative estimate of drug-likeness (QED) is 0.661. The van der Waals surface area contributed by atoms with Gasteiger partial charge in [0.15, 0.2) is 0 Å². The lowest BCUT2D eigenvalue weighted by atomic mass is 10.1. The van der Waals surface area contributed by atoms with E-state index >= 15 is 0 Å². The first-order valence-corrected chi connectivity index (χ1v) is 6.39. The molecule has 0 bridgehead atoms. The largest absolute Gasteiger partial charge is 0.481 e. The molecule has 0 fully saturated rings. The van der Waals surface area contributed by atoms with Crippen LogP contribution in [0.25, 0.3) is 6.08 Å². The van der Waals surface area contributed by atoms with Crippen LogP contribution in [0.1, 0.15) is 25.3 Å². The van der Waals surface area contributed by atoms with E-state index in [0.29, 0.717) is 5.57 Å². The van der Waals surface area contributed by atoms with Crippen LogP contribution < -0.4 is 5.32 Å². The molecule has 0 aliphatic heterocycles. The Labute approximate surface area is 122 Å². The fourth-order valence-corrected chi connectivity index (χ4v) is 1.66. The zero-order valence-electron chi connectivity index (χ0n) is 11.6. The van der Waals surface area contributed by atoms with Gasteiger partial charge in [-0.2, -0.15) is 0 Å². The minimum Gasteiger partial charge on any atom is -0.481 e. The van der Waals surface area contributed by atoms with Gasteiger partial charge in [0.05, 0.1) is 0 Å². The number of carbonyl (C=O) groups is 3. The second-order valence-electron chi connectivity index (χ2n) is 4.53. The normalized spacial score (nSPS) is 12.5. The molecule has 0 aliphatic rings. The minimum absolute atomic E-state index is 0.158. The van der Waals surface area contributed by atoms with Gasteiger partial charge in [-0.3, -0.25) is 9.59 Å². The van der Waals surface area contributed by atoms with Crippen molar-refractivity contribution in [3.8, 4) is 0 Å². The van der Waals surface area contributed by atoms with Gasteiger partial charge in [-0.05, 0) is 25.0 Å². The number of carbonyl (C=O) groups excluding carboxylic acids is 1. The fourth-order valence-electron chi connectivity index (χ4n) is 1.66. The van der Waals surface area contributed by atoms with Gasteiger partial charge in [-0.15, -0.1) is 0 Å². The Morgan fingerprint density at radius 1 is 1.19 bits per heavy atom. The van der Waals surface area contributed by atoms with Crippen molar-refractivity contribution in [3.05, 3.63) is 41.5 Å². The topological polar surface area (TPSA) is 104 Å². The van der Waals surface area contributed by atoms with E-state index in [9.17, 15) is 14.4 Å². The number of nitrogens with one attached hydrogen (secondary N) is 1. The molecule has 1 unspecified atom stereocenters. The molecule has 1 aromatic rings. The van der Waals surface area contributed by atoms with Gasteiger partial charge >= 0.3 is 11.9 Å². The van der Waals surface area contributed by atoms with E-state index < -0.39 is 23.9 Å². The maximum atomic E-state index is 11.9. The van der Waals surface area contributed by atoms with E-state index in [4.69, 9.17) is 10.2 Å². The molecule has 0 aliphatic carbocycles. The van der Waals surface area contributed by atoms with Gasteiger partial charge in [0.25, 0.3) is 0 Å². The summed E-state index contributed by atoms with van der Waals surface area (Å²) in [5, 5.41) is 19.9. The average molecular weight is 291 g/mol. The Morgan fingerprint density at radius 2 is 1.81 bits per heavy atom. The third kappa shape index (κ3) is 5.90. The lowest BCUT2D eigenvalue weighted by Gasteiger charge is -2.13. The third-order valence-electron chi connectivity index (χ3n) is 2.79. The molecule has 0 spiro atoms. The van der Waals surface area contributed by atoms with Crippen LogP contribution in [0.15, 0.2) is 35.9 Å². The molecule has 1 amide bonds. The predicted octanol–water partition coefficient (Wildman–Crippen LogP) is 1.52. The molecule has 6 heteroatoms. The summed E-state index contributed by atoms with van der Waals surface area (Å²) in [4.78, 5) is 33.4. The van der Waals surface area contributed by atoms with Gasteiger partial charge in [-0.25, -0.2) is 4.79 Å². The van der Waals surface area contributed by atoms with E-state index in [0.717, 1.165) is 5.56 Å². The van der Waals surface area contributed by atoms with E-state index in [1.54, 1.807) is 13.0 Å². The third-order valence-corrected chi connectivity index (χ3v) is 2.79. The highest BCUT2D eigenvalue weighted by Gasteiger charge is 2.21. The summed E-state index contributed by atoms with van der Waals surface area (Å²) in [6.07, 6.45) is 1.15. The Bertz CT molecular complexity index is 550. The van der Waals surface area contributed by atoms with Crippen LogP contribution in [-0.2, 0) is 14.4 Å². The average Bonchev–Trinajstić information content (AvgIpc) is 2.43. The summed E-state index contributed by atoms with van der Waals surface area (Å²) < 4.78 is 0. The number of amides is 1. The summed E-state index contributed by atoms with van der Waals surface area (Å²) >= 11 is 0. The zero-order chi connectivity index (χ0) is 15.8. The molecule has 1 atom stereocenters. The van der Waals surface area contributed by atoms with Crippen LogP contribution in [0.5, 0.6) is 0 Å². The van der Waals surface area contributed by atoms with Gasteiger partial charge in [-0.1, -0.05) is 30.3 Å². The molecular weight excluding hydrogens is 274 g/mol. The van der Waals surface area contributed by atoms with E-state index in [-0.39, 0.29) is 12.8 Å². The SMILES string of the molecule is C/C(=C/c1ccccc1)C(=O)NC(CCC(=O)O)C(=O)O. The Balaban J connectivity index is 2.70. The Hall–Kier alpha value is -2.63. The second-order valence-corrected chi connectivity index (χ2v) is 4.53. The van der Waals surface area contributed by atoms with Crippen LogP contribution in [0.4, 0.5) is 0 Å². The van der Waals surface area contributed by atoms with Crippen molar-refractivity contribution in [2.75, 3.05) is 0 Å². The highest BCUT2D eigenvalue weighted by Crippen LogP contribution is 2.07. The summed E-state index contributed by atoms with van der Waals surface area (Å²) in [5.74, 6) is -2.89. The molecule has 0 radical (unpaired) electrons. The predicted molar refractivity (Wildman–Crippen MR) is 76.5 cm³/mol. The molecule has 0 saturated heterocycles. The molecule has 112 valence electrons. The first-order valence-electron chi connectivity index (χ1n) is 6.39. The van der Waals surface area contributed by atoms with Crippen LogP contribution in [0, 0.1) is 0 Å². The lowest BCUT2D eigenvalue weighted by molar-refractivity contribution is -0.142.